The van der Waals surface area contributed by atoms with E-state index in [1.165, 1.54) is 18.2 Å². The predicted molar refractivity (Wildman–Crippen MR) is 62.6 cm³/mol. The number of benzene rings is 2. The molecule has 102 valence electrons. The van der Waals surface area contributed by atoms with Gasteiger partial charge < -0.3 is 4.74 Å². The van der Waals surface area contributed by atoms with Crippen molar-refractivity contribution in [3.63, 3.8) is 0 Å². The molecule has 0 bridgehead atoms. The Kier molecular flexibility index (Phi) is 3.61. The summed E-state index contributed by atoms with van der Waals surface area (Å²) < 4.78 is 56.8. The van der Waals surface area contributed by atoms with Crippen LogP contribution in [0.1, 0.15) is 11.1 Å². The van der Waals surface area contributed by atoms with Crippen LogP contribution in [0.15, 0.2) is 42.5 Å². The van der Waals surface area contributed by atoms with Crippen molar-refractivity contribution in [1.29, 1.82) is 5.26 Å². The van der Waals surface area contributed by atoms with E-state index >= 15 is 0 Å². The maximum atomic E-state index is 13.6. The third-order valence-corrected chi connectivity index (χ3v) is 2.47. The molecule has 0 heterocycles. The third-order valence-electron chi connectivity index (χ3n) is 2.47. The monoisotopic (exact) mass is 281 g/mol. The number of para-hydroxylation sites is 1. The van der Waals surface area contributed by atoms with Crippen molar-refractivity contribution >= 4 is 0 Å². The first-order chi connectivity index (χ1) is 9.41. The quantitative estimate of drug-likeness (QED) is 0.759. The lowest BCUT2D eigenvalue weighted by Gasteiger charge is -2.13. The van der Waals surface area contributed by atoms with Gasteiger partial charge in [0.1, 0.15) is 5.75 Å². The van der Waals surface area contributed by atoms with Crippen molar-refractivity contribution in [2.24, 2.45) is 0 Å². The first-order valence-electron chi connectivity index (χ1n) is 5.45. The topological polar surface area (TPSA) is 33.0 Å². The van der Waals surface area contributed by atoms with E-state index in [2.05, 4.69) is 0 Å². The minimum Gasteiger partial charge on any atom is -0.454 e. The first kappa shape index (κ1) is 13.9. The van der Waals surface area contributed by atoms with Crippen LogP contribution in [-0.2, 0) is 6.18 Å². The number of halogens is 4. The molecule has 0 saturated heterocycles. The van der Waals surface area contributed by atoms with Crippen LogP contribution >= 0.6 is 0 Å². The SMILES string of the molecule is N#Cc1ccc(Oc2ccccc2C(F)(F)F)c(F)c1. The van der Waals surface area contributed by atoms with Crippen molar-refractivity contribution in [2.45, 2.75) is 6.18 Å². The predicted octanol–water partition coefficient (Wildman–Crippen LogP) is 4.51. The fraction of sp³-hybridized carbons (Fsp3) is 0.0714. The van der Waals surface area contributed by atoms with Crippen LogP contribution in [-0.4, -0.2) is 0 Å². The average molecular weight is 281 g/mol. The van der Waals surface area contributed by atoms with Crippen LogP contribution in [0.3, 0.4) is 0 Å². The van der Waals surface area contributed by atoms with E-state index in [1.54, 1.807) is 6.07 Å². The maximum absolute atomic E-state index is 13.6. The second kappa shape index (κ2) is 5.21. The molecule has 2 aromatic carbocycles. The number of hydrogen-bond donors (Lipinski definition) is 0. The minimum absolute atomic E-state index is 0.0546. The Morgan fingerprint density at radius 1 is 1.00 bits per heavy atom. The fourth-order valence-corrected chi connectivity index (χ4v) is 1.56. The minimum atomic E-state index is -4.60. The highest BCUT2D eigenvalue weighted by atomic mass is 19.4. The Balaban J connectivity index is 2.39. The van der Waals surface area contributed by atoms with E-state index in [0.717, 1.165) is 24.3 Å². The number of rotatable bonds is 2. The number of alkyl halides is 3. The van der Waals surface area contributed by atoms with Crippen molar-refractivity contribution < 1.29 is 22.3 Å². The number of nitriles is 1. The summed E-state index contributed by atoms with van der Waals surface area (Å²) in [6.07, 6.45) is -4.60. The molecule has 2 nitrogen and oxygen atoms in total. The van der Waals surface area contributed by atoms with Crippen LogP contribution < -0.4 is 4.74 Å². The molecule has 2 rings (SSSR count). The van der Waals surface area contributed by atoms with Crippen molar-refractivity contribution in [1.82, 2.24) is 0 Å². The molecule has 0 unspecified atom stereocenters. The van der Waals surface area contributed by atoms with Crippen LogP contribution in [0.2, 0.25) is 0 Å². The van der Waals surface area contributed by atoms with Crippen LogP contribution in [0.25, 0.3) is 0 Å². The Bertz CT molecular complexity index is 674. The van der Waals surface area contributed by atoms with Gasteiger partial charge in [-0.2, -0.15) is 18.4 Å². The molecule has 0 spiro atoms. The molecule has 2 aromatic rings. The summed E-state index contributed by atoms with van der Waals surface area (Å²) in [4.78, 5) is 0. The molecule has 0 fully saturated rings. The van der Waals surface area contributed by atoms with E-state index in [4.69, 9.17) is 10.00 Å². The van der Waals surface area contributed by atoms with Gasteiger partial charge in [-0.3, -0.25) is 0 Å². The van der Waals surface area contributed by atoms with Gasteiger partial charge in [-0.1, -0.05) is 12.1 Å². The van der Waals surface area contributed by atoms with E-state index in [-0.39, 0.29) is 11.3 Å². The molecular formula is C14H7F4NO. The molecule has 0 aliphatic carbocycles. The van der Waals surface area contributed by atoms with E-state index < -0.39 is 23.3 Å². The summed E-state index contributed by atoms with van der Waals surface area (Å²) in [6, 6.07) is 9.49. The molecule has 0 aromatic heterocycles. The van der Waals surface area contributed by atoms with Gasteiger partial charge in [0.25, 0.3) is 0 Å². The highest BCUT2D eigenvalue weighted by Crippen LogP contribution is 2.38. The largest absolute Gasteiger partial charge is 0.454 e. The van der Waals surface area contributed by atoms with E-state index in [9.17, 15) is 17.6 Å². The zero-order chi connectivity index (χ0) is 14.8. The summed E-state index contributed by atoms with van der Waals surface area (Å²) in [7, 11) is 0. The molecule has 6 heteroatoms. The molecule has 0 saturated carbocycles. The zero-order valence-electron chi connectivity index (χ0n) is 9.91. The standard InChI is InChI=1S/C14H7F4NO/c15-11-7-9(8-19)5-6-13(11)20-12-4-2-1-3-10(12)14(16,17)18/h1-7H. The number of nitrogens with zero attached hydrogens (tertiary/aromatic N) is 1. The smallest absolute Gasteiger partial charge is 0.419 e. The van der Waals surface area contributed by atoms with E-state index in [0.29, 0.717) is 0 Å². The van der Waals surface area contributed by atoms with Crippen molar-refractivity contribution in [3.05, 3.63) is 59.4 Å². The Labute approximate surface area is 111 Å². The van der Waals surface area contributed by atoms with Gasteiger partial charge in [0.2, 0.25) is 0 Å². The highest BCUT2D eigenvalue weighted by molar-refractivity contribution is 5.42. The van der Waals surface area contributed by atoms with Crippen molar-refractivity contribution in [2.75, 3.05) is 0 Å². The van der Waals surface area contributed by atoms with E-state index in [1.807, 2.05) is 0 Å². The Morgan fingerprint density at radius 3 is 2.30 bits per heavy atom. The average Bonchev–Trinajstić information content (AvgIpc) is 2.40. The summed E-state index contributed by atoms with van der Waals surface area (Å²) in [5.41, 5.74) is -0.942. The Hall–Kier alpha value is -2.55. The van der Waals surface area contributed by atoms with Gasteiger partial charge in [0, 0.05) is 0 Å². The summed E-state index contributed by atoms with van der Waals surface area (Å²) in [6.45, 7) is 0. The maximum Gasteiger partial charge on any atom is 0.419 e. The van der Waals surface area contributed by atoms with Gasteiger partial charge in [0.15, 0.2) is 11.6 Å². The number of ether oxygens (including phenoxy) is 1. The molecule has 20 heavy (non-hydrogen) atoms. The lowest BCUT2D eigenvalue weighted by Crippen LogP contribution is -2.07. The summed E-state index contributed by atoms with van der Waals surface area (Å²) >= 11 is 0. The van der Waals surface area contributed by atoms with Gasteiger partial charge in [-0.25, -0.2) is 4.39 Å². The molecule has 0 atom stereocenters. The molecular weight excluding hydrogens is 274 g/mol. The van der Waals surface area contributed by atoms with Crippen LogP contribution in [0, 0.1) is 17.1 Å². The molecule has 0 aliphatic heterocycles. The molecule has 0 aliphatic rings. The number of hydrogen-bond acceptors (Lipinski definition) is 2. The zero-order valence-corrected chi connectivity index (χ0v) is 9.91. The van der Waals surface area contributed by atoms with Gasteiger partial charge in [-0.05, 0) is 30.3 Å². The van der Waals surface area contributed by atoms with Gasteiger partial charge in [-0.15, -0.1) is 0 Å². The lowest BCUT2D eigenvalue weighted by molar-refractivity contribution is -0.138. The molecule has 0 radical (unpaired) electrons. The molecule has 0 N–H and O–H groups in total. The summed E-state index contributed by atoms with van der Waals surface area (Å²) in [5, 5.41) is 8.59. The second-order valence-corrected chi connectivity index (χ2v) is 3.85. The van der Waals surface area contributed by atoms with Gasteiger partial charge in [0.05, 0.1) is 17.2 Å². The van der Waals surface area contributed by atoms with Gasteiger partial charge >= 0.3 is 6.18 Å². The highest BCUT2D eigenvalue weighted by Gasteiger charge is 2.34. The molecule has 0 amide bonds. The van der Waals surface area contributed by atoms with Crippen LogP contribution in [0.4, 0.5) is 17.6 Å². The second-order valence-electron chi connectivity index (χ2n) is 3.85. The third kappa shape index (κ3) is 2.88. The fourth-order valence-electron chi connectivity index (χ4n) is 1.56. The lowest BCUT2D eigenvalue weighted by atomic mass is 10.2. The van der Waals surface area contributed by atoms with Crippen molar-refractivity contribution in [3.8, 4) is 17.6 Å². The summed E-state index contributed by atoms with van der Waals surface area (Å²) in [5.74, 6) is -1.77. The first-order valence-corrected chi connectivity index (χ1v) is 5.45. The van der Waals surface area contributed by atoms with Crippen LogP contribution in [0.5, 0.6) is 11.5 Å². The Morgan fingerprint density at radius 2 is 1.70 bits per heavy atom. The normalized spacial score (nSPS) is 10.9.